The van der Waals surface area contributed by atoms with Crippen LogP contribution in [-0.4, -0.2) is 24.0 Å². The molecule has 0 aliphatic rings. The molecule has 0 radical (unpaired) electrons. The second-order valence-corrected chi connectivity index (χ2v) is 2.79. The number of hydrogen-bond donors (Lipinski definition) is 2. The van der Waals surface area contributed by atoms with E-state index in [1.807, 2.05) is 0 Å². The van der Waals surface area contributed by atoms with Crippen molar-refractivity contribution in [2.24, 2.45) is 0 Å². The fourth-order valence-corrected chi connectivity index (χ4v) is 0.799. The summed E-state index contributed by atoms with van der Waals surface area (Å²) >= 11 is 4.96. The van der Waals surface area contributed by atoms with Crippen LogP contribution in [0, 0.1) is 0 Å². The largest absolute Gasteiger partial charge is 1.00 e. The Hall–Kier alpha value is 0.740. The Morgan fingerprint density at radius 3 is 2.20 bits per heavy atom. The second kappa shape index (κ2) is 5.40. The molecule has 0 aliphatic heterocycles. The van der Waals surface area contributed by atoms with Gasteiger partial charge in [-0.05, 0) is 0 Å². The van der Waals surface area contributed by atoms with Crippen LogP contribution in [0.25, 0.3) is 0 Å². The third kappa shape index (κ3) is 8.74. The normalized spacial score (nSPS) is 12.4. The number of allylic oxidation sites excluding steroid dienone is 1. The predicted octanol–water partition coefficient (Wildman–Crippen LogP) is -2.37. The van der Waals surface area contributed by atoms with Crippen LogP contribution in [0.15, 0.2) is 11.2 Å². The summed E-state index contributed by atoms with van der Waals surface area (Å²) in [4.78, 5) is 0. The van der Waals surface area contributed by atoms with Crippen molar-refractivity contribution >= 4 is 21.7 Å². The maximum Gasteiger partial charge on any atom is 1.00 e. The maximum absolute atomic E-state index is 9.86. The molecule has 10 heavy (non-hydrogen) atoms. The fourth-order valence-electron chi connectivity index (χ4n) is 0.203. The van der Waals surface area contributed by atoms with Crippen LogP contribution in [-0.2, 0) is 10.1 Å². The Morgan fingerprint density at radius 1 is 1.70 bits per heavy atom. The van der Waals surface area contributed by atoms with Crippen LogP contribution in [0.1, 0.15) is 1.43 Å². The molecule has 7 heteroatoms. The topological polar surface area (TPSA) is 74.6 Å². The molecule has 0 saturated heterocycles. The van der Waals surface area contributed by atoms with Gasteiger partial charge >= 0.3 is 29.6 Å². The first kappa shape index (κ1) is 13.3. The first-order valence-electron chi connectivity index (χ1n) is 1.88. The molecule has 0 atom stereocenters. The number of aliphatic hydroxyl groups excluding tert-OH is 1. The van der Waals surface area contributed by atoms with E-state index in [4.69, 9.17) is 21.3 Å². The molecule has 0 aromatic carbocycles. The van der Waals surface area contributed by atoms with Gasteiger partial charge in [-0.15, -0.1) is 11.6 Å². The molecule has 0 aromatic rings. The van der Waals surface area contributed by atoms with E-state index in [1.165, 1.54) is 0 Å². The van der Waals surface area contributed by atoms with Crippen molar-refractivity contribution in [1.82, 2.24) is 0 Å². The fraction of sp³-hybridized carbons (Fsp3) is 0.333. The zero-order chi connectivity index (χ0) is 7.49. The van der Waals surface area contributed by atoms with Crippen LogP contribution in [0.4, 0.5) is 0 Å². The molecule has 2 N–H and O–H groups in total. The van der Waals surface area contributed by atoms with E-state index < -0.39 is 15.9 Å². The van der Waals surface area contributed by atoms with Gasteiger partial charge in [0, 0.05) is 0 Å². The van der Waals surface area contributed by atoms with Gasteiger partial charge in [-0.1, -0.05) is 0 Å². The van der Waals surface area contributed by atoms with Gasteiger partial charge in [-0.3, -0.25) is 4.55 Å². The van der Waals surface area contributed by atoms with Gasteiger partial charge in [-0.2, -0.15) is 8.42 Å². The number of rotatable bonds is 2. The zero-order valence-electron chi connectivity index (χ0n) is 6.28. The molecule has 4 nitrogen and oxygen atoms in total. The minimum absolute atomic E-state index is 0. The van der Waals surface area contributed by atoms with E-state index in [1.54, 1.807) is 0 Å². The van der Waals surface area contributed by atoms with E-state index >= 15 is 0 Å². The average Bonchev–Trinajstić information content (AvgIpc) is 1.62. The van der Waals surface area contributed by atoms with Gasteiger partial charge in [0.05, 0.1) is 11.3 Å². The standard InChI is InChI=1S/C3H5ClO4S.Na.H/c4-1-3(5)2-9(6,7)8;;/h2,5H,1H2,(H,6,7,8);;/q;+1;-1. The predicted molar refractivity (Wildman–Crippen MR) is 34.1 cm³/mol. The number of alkyl halides is 1. The van der Waals surface area contributed by atoms with Gasteiger partial charge in [0.2, 0.25) is 0 Å². The van der Waals surface area contributed by atoms with E-state index in [0.717, 1.165) is 0 Å². The van der Waals surface area contributed by atoms with Gasteiger partial charge in [-0.25, -0.2) is 0 Å². The van der Waals surface area contributed by atoms with Crippen molar-refractivity contribution in [1.29, 1.82) is 0 Å². The van der Waals surface area contributed by atoms with Crippen LogP contribution >= 0.6 is 11.6 Å². The third-order valence-corrected chi connectivity index (χ3v) is 1.27. The second-order valence-electron chi connectivity index (χ2n) is 1.26. The SMILES string of the molecule is O=S(=O)(O)C=C(O)CCl.[H-].[Na+]. The molecule has 0 unspecified atom stereocenters. The molecule has 0 amide bonds. The van der Waals surface area contributed by atoms with Crippen LogP contribution in [0.2, 0.25) is 0 Å². The number of hydrogen-bond acceptors (Lipinski definition) is 3. The maximum atomic E-state index is 9.86. The summed E-state index contributed by atoms with van der Waals surface area (Å²) in [5.74, 6) is -0.918. The van der Waals surface area contributed by atoms with Crippen LogP contribution in [0.3, 0.4) is 0 Å². The number of halogens is 1. The molecule has 0 bridgehead atoms. The summed E-state index contributed by atoms with van der Waals surface area (Å²) < 4.78 is 27.7. The molecule has 56 valence electrons. The first-order valence-corrected chi connectivity index (χ1v) is 3.92. The Balaban J connectivity index is -0.000000320. The average molecular weight is 197 g/mol. The van der Waals surface area contributed by atoms with E-state index in [2.05, 4.69) is 0 Å². The Kier molecular flexibility index (Phi) is 7.20. The van der Waals surface area contributed by atoms with E-state index in [-0.39, 0.29) is 42.3 Å². The van der Waals surface area contributed by atoms with Gasteiger partial charge < -0.3 is 6.53 Å². The Morgan fingerprint density at radius 2 is 2.10 bits per heavy atom. The molecule has 0 heterocycles. The minimum atomic E-state index is -4.23. The third-order valence-electron chi connectivity index (χ3n) is 0.422. The summed E-state index contributed by atoms with van der Waals surface area (Å²) in [5.41, 5.74) is 0. The Bertz CT molecular complexity index is 213. The quantitative estimate of drug-likeness (QED) is 0.224. The molecular formula is C3H6ClNaO4S. The summed E-state index contributed by atoms with van der Waals surface area (Å²) in [6.45, 7) is 0. The molecule has 0 rings (SSSR count). The number of aliphatic hydroxyl groups is 1. The summed E-state index contributed by atoms with van der Waals surface area (Å²) in [7, 11) is -4.23. The van der Waals surface area contributed by atoms with Gasteiger partial charge in [0.15, 0.2) is 0 Å². The summed E-state index contributed by atoms with van der Waals surface area (Å²) in [6.07, 6.45) is 0. The molecule has 0 aliphatic carbocycles. The summed E-state index contributed by atoms with van der Waals surface area (Å²) in [5, 5.41) is 8.66. The minimum Gasteiger partial charge on any atom is -1.00 e. The molecular weight excluding hydrogens is 191 g/mol. The smallest absolute Gasteiger partial charge is 1.00 e. The van der Waals surface area contributed by atoms with Crippen LogP contribution in [0.5, 0.6) is 0 Å². The van der Waals surface area contributed by atoms with E-state index in [0.29, 0.717) is 0 Å². The van der Waals surface area contributed by atoms with Crippen molar-refractivity contribution in [3.63, 3.8) is 0 Å². The summed E-state index contributed by atoms with van der Waals surface area (Å²) in [6, 6.07) is 0. The zero-order valence-corrected chi connectivity index (χ0v) is 8.85. The van der Waals surface area contributed by atoms with Crippen molar-refractivity contribution in [2.75, 3.05) is 5.88 Å². The van der Waals surface area contributed by atoms with Crippen molar-refractivity contribution in [3.05, 3.63) is 11.2 Å². The molecule has 0 fully saturated rings. The monoisotopic (exact) mass is 196 g/mol. The molecule has 0 spiro atoms. The van der Waals surface area contributed by atoms with Crippen molar-refractivity contribution in [2.45, 2.75) is 0 Å². The first-order chi connectivity index (χ1) is 3.95. The van der Waals surface area contributed by atoms with Crippen molar-refractivity contribution < 1.29 is 49.1 Å². The van der Waals surface area contributed by atoms with Crippen LogP contribution < -0.4 is 29.6 Å². The Labute approximate surface area is 87.4 Å². The molecule has 0 saturated carbocycles. The van der Waals surface area contributed by atoms with Gasteiger partial charge in [0.1, 0.15) is 5.76 Å². The molecule has 0 aromatic heterocycles. The van der Waals surface area contributed by atoms with E-state index in [9.17, 15) is 8.42 Å². The van der Waals surface area contributed by atoms with Crippen molar-refractivity contribution in [3.8, 4) is 0 Å². The van der Waals surface area contributed by atoms with Gasteiger partial charge in [0.25, 0.3) is 10.1 Å².